The maximum absolute atomic E-state index is 13.2. The van der Waals surface area contributed by atoms with Crippen LogP contribution >= 0.6 is 27.7 Å². The molecule has 2 aromatic rings. The summed E-state index contributed by atoms with van der Waals surface area (Å²) in [5.74, 6) is 1.19. The minimum atomic E-state index is -0.280. The molecule has 0 aliphatic heterocycles. The molecule has 0 bridgehead atoms. The van der Waals surface area contributed by atoms with Crippen molar-refractivity contribution in [1.29, 1.82) is 0 Å². The van der Waals surface area contributed by atoms with Crippen LogP contribution in [0, 0.1) is 5.82 Å². The van der Waals surface area contributed by atoms with E-state index in [-0.39, 0.29) is 5.82 Å². The largest absolute Gasteiger partial charge is 0.496 e. The molecule has 0 aromatic heterocycles. The van der Waals surface area contributed by atoms with Crippen molar-refractivity contribution >= 4 is 33.4 Å². The second kappa shape index (κ2) is 6.30. The van der Waals surface area contributed by atoms with Crippen LogP contribution in [0.2, 0.25) is 0 Å². The Morgan fingerprint density at radius 1 is 1.26 bits per heavy atom. The van der Waals surface area contributed by atoms with Gasteiger partial charge in [0.1, 0.15) is 11.6 Å². The monoisotopic (exact) mass is 341 g/mol. The number of nitrogen functional groups attached to an aromatic ring is 1. The summed E-state index contributed by atoms with van der Waals surface area (Å²) in [6, 6.07) is 10.2. The van der Waals surface area contributed by atoms with Crippen LogP contribution in [0.1, 0.15) is 5.56 Å². The molecule has 5 heteroatoms. The molecule has 2 N–H and O–H groups in total. The van der Waals surface area contributed by atoms with Gasteiger partial charge in [-0.1, -0.05) is 15.9 Å². The maximum Gasteiger partial charge on any atom is 0.124 e. The van der Waals surface area contributed by atoms with Gasteiger partial charge in [0.2, 0.25) is 0 Å². The van der Waals surface area contributed by atoms with Crippen LogP contribution in [0.5, 0.6) is 5.75 Å². The minimum absolute atomic E-state index is 0.280. The van der Waals surface area contributed by atoms with Crippen molar-refractivity contribution in [3.63, 3.8) is 0 Å². The number of ether oxygens (including phenoxy) is 1. The topological polar surface area (TPSA) is 35.2 Å². The third kappa shape index (κ3) is 3.64. The van der Waals surface area contributed by atoms with Gasteiger partial charge in [0, 0.05) is 26.4 Å². The molecule has 100 valence electrons. The number of nitrogens with two attached hydrogens (primary N) is 1. The maximum atomic E-state index is 13.2. The quantitative estimate of drug-likeness (QED) is 0.658. The summed E-state index contributed by atoms with van der Waals surface area (Å²) in [6.45, 7) is 0. The smallest absolute Gasteiger partial charge is 0.124 e. The number of hydrogen-bond donors (Lipinski definition) is 1. The summed E-state index contributed by atoms with van der Waals surface area (Å²) in [7, 11) is 1.63. The summed E-state index contributed by atoms with van der Waals surface area (Å²) in [6.07, 6.45) is 0. The molecule has 0 saturated heterocycles. The average Bonchev–Trinajstić information content (AvgIpc) is 2.40. The molecule has 2 aromatic carbocycles. The third-order valence-corrected chi connectivity index (χ3v) is 4.21. The molecule has 2 nitrogen and oxygen atoms in total. The highest BCUT2D eigenvalue weighted by Crippen LogP contribution is 2.33. The van der Waals surface area contributed by atoms with Crippen LogP contribution in [-0.2, 0) is 5.75 Å². The van der Waals surface area contributed by atoms with E-state index >= 15 is 0 Å². The predicted molar refractivity (Wildman–Crippen MR) is 81.1 cm³/mol. The van der Waals surface area contributed by atoms with Gasteiger partial charge in [-0.2, -0.15) is 0 Å². The standard InChI is InChI=1S/C14H13BrFNOS/c1-18-13-5-2-10(15)6-9(13)8-19-14-7-11(16)3-4-12(14)17/h2-7H,8,17H2,1H3. The van der Waals surface area contributed by atoms with E-state index < -0.39 is 0 Å². The SMILES string of the molecule is COc1ccc(Br)cc1CSc1cc(F)ccc1N. The van der Waals surface area contributed by atoms with E-state index in [4.69, 9.17) is 10.5 Å². The zero-order chi connectivity index (χ0) is 13.8. The molecular weight excluding hydrogens is 329 g/mol. The van der Waals surface area contributed by atoms with Crippen molar-refractivity contribution in [3.8, 4) is 5.75 Å². The third-order valence-electron chi connectivity index (χ3n) is 2.60. The number of rotatable bonds is 4. The Morgan fingerprint density at radius 2 is 2.05 bits per heavy atom. The van der Waals surface area contributed by atoms with Gasteiger partial charge >= 0.3 is 0 Å². The van der Waals surface area contributed by atoms with Crippen molar-refractivity contribution in [2.24, 2.45) is 0 Å². The van der Waals surface area contributed by atoms with E-state index in [0.29, 0.717) is 11.4 Å². The summed E-state index contributed by atoms with van der Waals surface area (Å²) in [4.78, 5) is 0.738. The normalized spacial score (nSPS) is 10.5. The van der Waals surface area contributed by atoms with Crippen LogP contribution in [0.25, 0.3) is 0 Å². The van der Waals surface area contributed by atoms with Crippen molar-refractivity contribution < 1.29 is 9.13 Å². The zero-order valence-electron chi connectivity index (χ0n) is 10.3. The van der Waals surface area contributed by atoms with E-state index in [0.717, 1.165) is 20.7 Å². The lowest BCUT2D eigenvalue weighted by atomic mass is 10.2. The Kier molecular flexibility index (Phi) is 4.71. The Balaban J connectivity index is 2.18. The summed E-state index contributed by atoms with van der Waals surface area (Å²) < 4.78 is 19.5. The van der Waals surface area contributed by atoms with Gasteiger partial charge in [-0.3, -0.25) is 0 Å². The Bertz CT molecular complexity index is 592. The number of benzene rings is 2. The first-order chi connectivity index (χ1) is 9.10. The van der Waals surface area contributed by atoms with Crippen molar-refractivity contribution in [2.75, 3.05) is 12.8 Å². The van der Waals surface area contributed by atoms with Crippen LogP contribution < -0.4 is 10.5 Å². The highest BCUT2D eigenvalue weighted by Gasteiger charge is 2.07. The van der Waals surface area contributed by atoms with Gasteiger partial charge in [-0.05, 0) is 36.4 Å². The Hall–Kier alpha value is -1.20. The summed E-state index contributed by atoms with van der Waals surface area (Å²) >= 11 is 4.92. The average molecular weight is 342 g/mol. The number of anilines is 1. The molecule has 0 radical (unpaired) electrons. The van der Waals surface area contributed by atoms with Crippen molar-refractivity contribution in [1.82, 2.24) is 0 Å². The van der Waals surface area contributed by atoms with Gasteiger partial charge in [-0.25, -0.2) is 4.39 Å². The van der Waals surface area contributed by atoms with E-state index in [9.17, 15) is 4.39 Å². The molecule has 0 unspecified atom stereocenters. The minimum Gasteiger partial charge on any atom is -0.496 e. The first-order valence-corrected chi connectivity index (χ1v) is 7.38. The lowest BCUT2D eigenvalue weighted by Gasteiger charge is -2.10. The first kappa shape index (κ1) is 14.2. The van der Waals surface area contributed by atoms with E-state index in [1.165, 1.54) is 23.9 Å². The number of halogens is 2. The molecule has 0 saturated carbocycles. The second-order valence-corrected chi connectivity index (χ2v) is 5.86. The molecule has 0 fully saturated rings. The molecule has 0 atom stereocenters. The number of methoxy groups -OCH3 is 1. The van der Waals surface area contributed by atoms with Gasteiger partial charge < -0.3 is 10.5 Å². The summed E-state index contributed by atoms with van der Waals surface area (Å²) in [5.41, 5.74) is 7.44. The molecule has 0 amide bonds. The van der Waals surface area contributed by atoms with E-state index in [1.54, 1.807) is 13.2 Å². The fraction of sp³-hybridized carbons (Fsp3) is 0.143. The molecule has 0 aliphatic rings. The van der Waals surface area contributed by atoms with Gasteiger partial charge in [0.05, 0.1) is 7.11 Å². The van der Waals surface area contributed by atoms with Crippen molar-refractivity contribution in [3.05, 3.63) is 52.3 Å². The molecule has 0 spiro atoms. The highest BCUT2D eigenvalue weighted by molar-refractivity contribution is 9.10. The van der Waals surface area contributed by atoms with Crippen LogP contribution in [0.3, 0.4) is 0 Å². The molecule has 0 heterocycles. The summed E-state index contributed by atoms with van der Waals surface area (Å²) in [5, 5.41) is 0. The van der Waals surface area contributed by atoms with E-state index in [2.05, 4.69) is 15.9 Å². The number of hydrogen-bond acceptors (Lipinski definition) is 3. The lowest BCUT2D eigenvalue weighted by molar-refractivity contribution is 0.411. The van der Waals surface area contributed by atoms with Crippen molar-refractivity contribution in [2.45, 2.75) is 10.6 Å². The molecular formula is C14H13BrFNOS. The van der Waals surface area contributed by atoms with Crippen LogP contribution in [-0.4, -0.2) is 7.11 Å². The Labute approximate surface area is 124 Å². The van der Waals surface area contributed by atoms with Gasteiger partial charge in [0.15, 0.2) is 0 Å². The first-order valence-electron chi connectivity index (χ1n) is 5.60. The lowest BCUT2D eigenvalue weighted by Crippen LogP contribution is -1.93. The van der Waals surface area contributed by atoms with Crippen LogP contribution in [0.4, 0.5) is 10.1 Å². The van der Waals surface area contributed by atoms with Crippen LogP contribution in [0.15, 0.2) is 45.8 Å². The predicted octanol–water partition coefficient (Wildman–Crippen LogP) is 4.47. The van der Waals surface area contributed by atoms with E-state index in [1.807, 2.05) is 18.2 Å². The van der Waals surface area contributed by atoms with Gasteiger partial charge in [-0.15, -0.1) is 11.8 Å². The number of thioether (sulfide) groups is 1. The molecule has 19 heavy (non-hydrogen) atoms. The molecule has 2 rings (SSSR count). The fourth-order valence-corrected chi connectivity index (χ4v) is 3.02. The Morgan fingerprint density at radius 3 is 2.79 bits per heavy atom. The highest BCUT2D eigenvalue weighted by atomic mass is 79.9. The second-order valence-electron chi connectivity index (χ2n) is 3.93. The van der Waals surface area contributed by atoms with Gasteiger partial charge in [0.25, 0.3) is 0 Å². The fourth-order valence-electron chi connectivity index (χ4n) is 1.65. The zero-order valence-corrected chi connectivity index (χ0v) is 12.7. The molecule has 0 aliphatic carbocycles.